The van der Waals surface area contributed by atoms with Crippen LogP contribution >= 0.6 is 0 Å². The van der Waals surface area contributed by atoms with Gasteiger partial charge in [0, 0.05) is 39.1 Å². The lowest BCUT2D eigenvalue weighted by Gasteiger charge is -2.37. The Morgan fingerprint density at radius 3 is 2.60 bits per heavy atom. The summed E-state index contributed by atoms with van der Waals surface area (Å²) in [5, 5.41) is 4.43. The zero-order chi connectivity index (χ0) is 18.2. The summed E-state index contributed by atoms with van der Waals surface area (Å²) >= 11 is 0. The number of imidazole rings is 1. The van der Waals surface area contributed by atoms with Crippen LogP contribution in [0.5, 0.6) is 0 Å². The Kier molecular flexibility index (Phi) is 4.99. The summed E-state index contributed by atoms with van der Waals surface area (Å²) in [6.07, 6.45) is 4.69. The van der Waals surface area contributed by atoms with Crippen LogP contribution in [0, 0.1) is 0 Å². The van der Waals surface area contributed by atoms with Gasteiger partial charge in [0.05, 0.1) is 17.4 Å². The molecule has 8 nitrogen and oxygen atoms in total. The number of nitrogens with zero attached hydrogens (tertiary/aromatic N) is 5. The highest BCUT2D eigenvalue weighted by Crippen LogP contribution is 2.29. The molecule has 1 atom stereocenters. The fourth-order valence-corrected chi connectivity index (χ4v) is 5.44. The molecule has 1 saturated heterocycles. The van der Waals surface area contributed by atoms with E-state index in [1.54, 1.807) is 21.4 Å². The molecule has 0 radical (unpaired) electrons. The lowest BCUT2D eigenvalue weighted by Crippen LogP contribution is -2.49. The van der Waals surface area contributed by atoms with Gasteiger partial charge < -0.3 is 4.98 Å². The molecular weight excluding hydrogens is 340 g/mol. The normalized spacial score (nSPS) is 20.2. The molecule has 1 unspecified atom stereocenters. The van der Waals surface area contributed by atoms with E-state index in [9.17, 15) is 8.42 Å². The van der Waals surface area contributed by atoms with E-state index >= 15 is 0 Å². The first kappa shape index (κ1) is 18.1. The highest BCUT2D eigenvalue weighted by atomic mass is 32.2. The van der Waals surface area contributed by atoms with Crippen molar-refractivity contribution in [3.05, 3.63) is 29.6 Å². The van der Waals surface area contributed by atoms with Crippen LogP contribution in [0.3, 0.4) is 0 Å². The van der Waals surface area contributed by atoms with Crippen molar-refractivity contribution in [2.24, 2.45) is 7.05 Å². The second-order valence-corrected chi connectivity index (χ2v) is 8.26. The third-order valence-electron chi connectivity index (χ3n) is 4.90. The van der Waals surface area contributed by atoms with Gasteiger partial charge in [0.15, 0.2) is 0 Å². The summed E-state index contributed by atoms with van der Waals surface area (Å²) in [6, 6.07) is -0.0784. The summed E-state index contributed by atoms with van der Waals surface area (Å²) in [6.45, 7) is 5.42. The predicted octanol–water partition coefficient (Wildman–Crippen LogP) is 0.945. The Morgan fingerprint density at radius 2 is 2.00 bits per heavy atom. The van der Waals surface area contributed by atoms with Crippen molar-refractivity contribution in [2.45, 2.75) is 37.6 Å². The quantitative estimate of drug-likeness (QED) is 0.851. The fraction of sp³-hybridized carbons (Fsp3) is 0.625. The van der Waals surface area contributed by atoms with Crippen LogP contribution in [0.25, 0.3) is 0 Å². The second-order valence-electron chi connectivity index (χ2n) is 6.39. The number of rotatable bonds is 5. The number of aryl methyl sites for hydroxylation is 2. The minimum Gasteiger partial charge on any atom is -0.347 e. The van der Waals surface area contributed by atoms with E-state index < -0.39 is 10.0 Å². The van der Waals surface area contributed by atoms with Gasteiger partial charge in [0.1, 0.15) is 10.7 Å². The number of hydrogen-bond donors (Lipinski definition) is 1. The van der Waals surface area contributed by atoms with Crippen LogP contribution in [0.15, 0.2) is 17.3 Å². The third kappa shape index (κ3) is 3.11. The number of H-pyrrole nitrogens is 1. The van der Waals surface area contributed by atoms with Crippen molar-refractivity contribution in [3.63, 3.8) is 0 Å². The molecule has 0 saturated carbocycles. The van der Waals surface area contributed by atoms with Gasteiger partial charge in [-0.3, -0.25) is 9.58 Å². The molecule has 0 aliphatic carbocycles. The van der Waals surface area contributed by atoms with Gasteiger partial charge in [-0.05, 0) is 19.9 Å². The van der Waals surface area contributed by atoms with Crippen LogP contribution in [0.2, 0.25) is 0 Å². The molecule has 1 N–H and O–H groups in total. The van der Waals surface area contributed by atoms with Gasteiger partial charge in [0.2, 0.25) is 10.0 Å². The minimum atomic E-state index is -3.59. The zero-order valence-corrected chi connectivity index (χ0v) is 16.0. The number of aromatic amines is 1. The van der Waals surface area contributed by atoms with Gasteiger partial charge >= 0.3 is 0 Å². The van der Waals surface area contributed by atoms with Crippen LogP contribution in [0.1, 0.15) is 37.1 Å². The summed E-state index contributed by atoms with van der Waals surface area (Å²) in [7, 11) is 0.216. The van der Waals surface area contributed by atoms with Gasteiger partial charge in [-0.25, -0.2) is 13.4 Å². The molecule has 0 amide bonds. The maximum Gasteiger partial charge on any atom is 0.246 e. The minimum absolute atomic E-state index is 0.0784. The van der Waals surface area contributed by atoms with E-state index in [4.69, 9.17) is 0 Å². The van der Waals surface area contributed by atoms with Crippen molar-refractivity contribution in [1.29, 1.82) is 0 Å². The van der Waals surface area contributed by atoms with Crippen LogP contribution in [-0.2, 0) is 29.9 Å². The molecule has 2 aromatic heterocycles. The first-order valence-corrected chi connectivity index (χ1v) is 10.1. The topological polar surface area (TPSA) is 87.1 Å². The summed E-state index contributed by atoms with van der Waals surface area (Å²) in [4.78, 5) is 9.95. The second kappa shape index (κ2) is 6.89. The van der Waals surface area contributed by atoms with E-state index in [-0.39, 0.29) is 6.04 Å². The average Bonchev–Trinajstić information content (AvgIpc) is 3.22. The Hall–Kier alpha value is -1.71. The molecule has 2 aromatic rings. The zero-order valence-electron chi connectivity index (χ0n) is 15.2. The summed E-state index contributed by atoms with van der Waals surface area (Å²) in [5.74, 6) is 0.792. The van der Waals surface area contributed by atoms with Crippen molar-refractivity contribution in [2.75, 3.05) is 26.7 Å². The van der Waals surface area contributed by atoms with Crippen LogP contribution in [0.4, 0.5) is 0 Å². The standard InChI is InChI=1S/C16H26N6O2S/c1-5-12-15(13(6-2)21(4)19-12)25(23,24)22-10-9-20(3)14(11-22)16-17-7-8-18-16/h7-8,14H,5-6,9-11H2,1-4H3,(H,17,18). The molecule has 138 valence electrons. The molecular formula is C16H26N6O2S. The first-order valence-electron chi connectivity index (χ1n) is 8.64. The molecule has 1 aliphatic heterocycles. The molecule has 25 heavy (non-hydrogen) atoms. The van der Waals surface area contributed by atoms with Crippen molar-refractivity contribution >= 4 is 10.0 Å². The van der Waals surface area contributed by atoms with Gasteiger partial charge in [-0.2, -0.15) is 9.40 Å². The molecule has 0 aromatic carbocycles. The average molecular weight is 366 g/mol. The number of piperazine rings is 1. The number of hydrogen-bond acceptors (Lipinski definition) is 5. The molecule has 0 spiro atoms. The number of aromatic nitrogens is 4. The van der Waals surface area contributed by atoms with E-state index in [1.807, 2.05) is 27.9 Å². The molecule has 9 heteroatoms. The monoisotopic (exact) mass is 366 g/mol. The lowest BCUT2D eigenvalue weighted by molar-refractivity contribution is 0.142. The van der Waals surface area contributed by atoms with Crippen molar-refractivity contribution in [1.82, 2.24) is 29.0 Å². The van der Waals surface area contributed by atoms with Gasteiger partial charge in [-0.1, -0.05) is 13.8 Å². The number of nitrogens with one attached hydrogen (secondary N) is 1. The first-order chi connectivity index (χ1) is 11.9. The van der Waals surface area contributed by atoms with Crippen molar-refractivity contribution < 1.29 is 8.42 Å². The van der Waals surface area contributed by atoms with Crippen LogP contribution < -0.4 is 0 Å². The van der Waals surface area contributed by atoms with Gasteiger partial charge in [-0.15, -0.1) is 0 Å². The van der Waals surface area contributed by atoms with E-state index in [0.717, 1.165) is 11.5 Å². The smallest absolute Gasteiger partial charge is 0.246 e. The fourth-order valence-electron chi connectivity index (χ4n) is 3.47. The summed E-state index contributed by atoms with van der Waals surface area (Å²) < 4.78 is 30.1. The van der Waals surface area contributed by atoms with Gasteiger partial charge in [0.25, 0.3) is 0 Å². The molecule has 1 fully saturated rings. The molecule has 1 aliphatic rings. The maximum absolute atomic E-state index is 13.4. The van der Waals surface area contributed by atoms with Crippen molar-refractivity contribution in [3.8, 4) is 0 Å². The predicted molar refractivity (Wildman–Crippen MR) is 94.7 cm³/mol. The highest BCUT2D eigenvalue weighted by Gasteiger charge is 2.37. The largest absolute Gasteiger partial charge is 0.347 e. The Morgan fingerprint density at radius 1 is 1.24 bits per heavy atom. The van der Waals surface area contributed by atoms with Crippen LogP contribution in [-0.4, -0.2) is 64.1 Å². The molecule has 3 rings (SSSR count). The third-order valence-corrected chi connectivity index (χ3v) is 6.90. The Bertz CT molecular complexity index is 827. The maximum atomic E-state index is 13.4. The Balaban J connectivity index is 1.98. The highest BCUT2D eigenvalue weighted by molar-refractivity contribution is 7.89. The summed E-state index contributed by atoms with van der Waals surface area (Å²) in [5.41, 5.74) is 1.41. The Labute approximate surface area is 148 Å². The number of likely N-dealkylation sites (N-methyl/N-ethyl adjacent to an activating group) is 1. The number of sulfonamides is 1. The van der Waals surface area contributed by atoms with E-state index in [0.29, 0.717) is 43.1 Å². The lowest BCUT2D eigenvalue weighted by atomic mass is 10.2. The van der Waals surface area contributed by atoms with E-state index in [2.05, 4.69) is 20.0 Å². The molecule has 0 bridgehead atoms. The SMILES string of the molecule is CCc1nn(C)c(CC)c1S(=O)(=O)N1CCN(C)C(c2ncc[nH]2)C1. The van der Waals surface area contributed by atoms with E-state index in [1.165, 1.54) is 0 Å². The molecule has 3 heterocycles.